The van der Waals surface area contributed by atoms with E-state index in [1.165, 1.54) is 0 Å². The second-order valence-electron chi connectivity index (χ2n) is 8.64. The van der Waals surface area contributed by atoms with Gasteiger partial charge in [-0.3, -0.25) is 4.90 Å². The molecule has 0 spiro atoms. The van der Waals surface area contributed by atoms with Gasteiger partial charge < -0.3 is 40.0 Å². The standard InChI is InChI=1S/C25H34N4O6/c1-33-18-7-5-6-17(14-18)27-25(32)26-15-21-23(24(31)22(16-30)35-21)29-12-10-28(11-13-29)19-8-3-4-9-20(19)34-2/h3-9,14,21-24,30-31H,10-13,15-16H2,1-2H3,(H2,26,27,32)/t21-,22-,23-,24+/m0/s1. The molecule has 190 valence electrons. The van der Waals surface area contributed by atoms with Crippen LogP contribution in [0.25, 0.3) is 0 Å². The summed E-state index contributed by atoms with van der Waals surface area (Å²) < 4.78 is 16.6. The number of hydrogen-bond donors (Lipinski definition) is 4. The lowest BCUT2D eigenvalue weighted by molar-refractivity contribution is -0.0205. The zero-order chi connectivity index (χ0) is 24.8. The van der Waals surface area contributed by atoms with Crippen LogP contribution in [-0.4, -0.2) is 99.0 Å². The number of para-hydroxylation sites is 2. The number of hydrogen-bond acceptors (Lipinski definition) is 8. The molecule has 2 aliphatic rings. The molecule has 0 aromatic heterocycles. The van der Waals surface area contributed by atoms with Crippen LogP contribution in [0.15, 0.2) is 48.5 Å². The summed E-state index contributed by atoms with van der Waals surface area (Å²) in [6.07, 6.45) is -2.01. The zero-order valence-electron chi connectivity index (χ0n) is 20.1. The van der Waals surface area contributed by atoms with E-state index in [0.717, 1.165) is 24.5 Å². The third-order valence-corrected chi connectivity index (χ3v) is 6.59. The van der Waals surface area contributed by atoms with Gasteiger partial charge in [0.25, 0.3) is 0 Å². The summed E-state index contributed by atoms with van der Waals surface area (Å²) in [5.41, 5.74) is 1.64. The Morgan fingerprint density at radius 2 is 1.83 bits per heavy atom. The highest BCUT2D eigenvalue weighted by Crippen LogP contribution is 2.31. The minimum absolute atomic E-state index is 0.195. The Labute approximate surface area is 205 Å². The molecule has 4 rings (SSSR count). The van der Waals surface area contributed by atoms with Crippen molar-refractivity contribution in [2.24, 2.45) is 0 Å². The lowest BCUT2D eigenvalue weighted by Crippen LogP contribution is -2.57. The molecule has 2 saturated heterocycles. The SMILES string of the molecule is COc1cccc(NC(=O)NC[C@@H]2O[C@@H](CO)[C@@H](O)[C@H]2N2CCN(c3ccccc3OC)CC2)c1. The molecule has 10 heteroatoms. The van der Waals surface area contributed by atoms with Crippen LogP contribution in [-0.2, 0) is 4.74 Å². The van der Waals surface area contributed by atoms with Crippen molar-refractivity contribution >= 4 is 17.4 Å². The summed E-state index contributed by atoms with van der Waals surface area (Å²) in [4.78, 5) is 16.9. The molecular weight excluding hydrogens is 452 g/mol. The van der Waals surface area contributed by atoms with Crippen molar-refractivity contribution < 1.29 is 29.2 Å². The normalized spacial score (nSPS) is 24.7. The number of anilines is 2. The summed E-state index contributed by atoms with van der Waals surface area (Å²) in [7, 11) is 3.23. The van der Waals surface area contributed by atoms with E-state index in [0.29, 0.717) is 24.5 Å². The molecule has 2 amide bonds. The maximum absolute atomic E-state index is 12.5. The molecule has 2 fully saturated rings. The van der Waals surface area contributed by atoms with E-state index in [2.05, 4.69) is 20.4 Å². The molecule has 2 aromatic rings. The van der Waals surface area contributed by atoms with Gasteiger partial charge in [0.1, 0.15) is 23.7 Å². The monoisotopic (exact) mass is 486 g/mol. The average Bonchev–Trinajstić information content (AvgIpc) is 3.22. The molecule has 0 unspecified atom stereocenters. The van der Waals surface area contributed by atoms with Crippen molar-refractivity contribution in [3.63, 3.8) is 0 Å². The number of carbonyl (C=O) groups excluding carboxylic acids is 1. The average molecular weight is 487 g/mol. The van der Waals surface area contributed by atoms with Crippen molar-refractivity contribution in [2.45, 2.75) is 24.4 Å². The number of nitrogens with zero attached hydrogens (tertiary/aromatic N) is 2. The van der Waals surface area contributed by atoms with Crippen LogP contribution in [0.4, 0.5) is 16.2 Å². The van der Waals surface area contributed by atoms with Crippen LogP contribution < -0.4 is 25.0 Å². The molecule has 0 bridgehead atoms. The Balaban J connectivity index is 1.36. The number of benzene rings is 2. The van der Waals surface area contributed by atoms with E-state index >= 15 is 0 Å². The third-order valence-electron chi connectivity index (χ3n) is 6.59. The Bertz CT molecular complexity index is 984. The van der Waals surface area contributed by atoms with Crippen molar-refractivity contribution in [1.29, 1.82) is 0 Å². The van der Waals surface area contributed by atoms with Crippen molar-refractivity contribution in [3.05, 3.63) is 48.5 Å². The van der Waals surface area contributed by atoms with Crippen LogP contribution in [0.1, 0.15) is 0 Å². The summed E-state index contributed by atoms with van der Waals surface area (Å²) >= 11 is 0. The van der Waals surface area contributed by atoms with Crippen LogP contribution in [0.2, 0.25) is 0 Å². The summed E-state index contributed by atoms with van der Waals surface area (Å²) in [5.74, 6) is 1.47. The van der Waals surface area contributed by atoms with Gasteiger partial charge in [-0.2, -0.15) is 0 Å². The predicted molar refractivity (Wildman–Crippen MR) is 132 cm³/mol. The quantitative estimate of drug-likeness (QED) is 0.439. The third kappa shape index (κ3) is 5.79. The molecule has 2 aliphatic heterocycles. The fraction of sp³-hybridized carbons (Fsp3) is 0.480. The number of methoxy groups -OCH3 is 2. The van der Waals surface area contributed by atoms with Gasteiger partial charge in [0.05, 0.1) is 38.7 Å². The smallest absolute Gasteiger partial charge is 0.319 e. The number of carbonyl (C=O) groups is 1. The Morgan fingerprint density at radius 3 is 2.54 bits per heavy atom. The molecule has 4 N–H and O–H groups in total. The highest BCUT2D eigenvalue weighted by atomic mass is 16.5. The van der Waals surface area contributed by atoms with Crippen molar-refractivity contribution in [3.8, 4) is 11.5 Å². The molecule has 0 saturated carbocycles. The minimum Gasteiger partial charge on any atom is -0.497 e. The lowest BCUT2D eigenvalue weighted by atomic mass is 10.0. The minimum atomic E-state index is -0.856. The zero-order valence-corrected chi connectivity index (χ0v) is 20.1. The number of aliphatic hydroxyl groups excluding tert-OH is 2. The molecule has 0 aliphatic carbocycles. The van der Waals surface area contributed by atoms with E-state index in [9.17, 15) is 15.0 Å². The summed E-state index contributed by atoms with van der Waals surface area (Å²) in [5, 5.41) is 26.2. The van der Waals surface area contributed by atoms with Gasteiger partial charge in [0.2, 0.25) is 0 Å². The van der Waals surface area contributed by atoms with Gasteiger partial charge >= 0.3 is 6.03 Å². The summed E-state index contributed by atoms with van der Waals surface area (Å²) in [6, 6.07) is 14.3. The first kappa shape index (κ1) is 25.1. The van der Waals surface area contributed by atoms with E-state index < -0.39 is 18.3 Å². The van der Waals surface area contributed by atoms with Crippen molar-refractivity contribution in [2.75, 3.05) is 63.8 Å². The van der Waals surface area contributed by atoms with Crippen molar-refractivity contribution in [1.82, 2.24) is 10.2 Å². The molecule has 0 radical (unpaired) electrons. The van der Waals surface area contributed by atoms with E-state index in [1.54, 1.807) is 38.5 Å². The second kappa shape index (κ2) is 11.6. The van der Waals surface area contributed by atoms with Gasteiger partial charge in [-0.05, 0) is 24.3 Å². The number of urea groups is 1. The van der Waals surface area contributed by atoms with Crippen LogP contribution in [0, 0.1) is 0 Å². The fourth-order valence-electron chi connectivity index (χ4n) is 4.82. The first-order chi connectivity index (χ1) is 17.0. The van der Waals surface area contributed by atoms with Gasteiger partial charge in [-0.15, -0.1) is 0 Å². The van der Waals surface area contributed by atoms with Gasteiger partial charge in [-0.25, -0.2) is 4.79 Å². The molecular formula is C25H34N4O6. The molecule has 2 aromatic carbocycles. The predicted octanol–water partition coefficient (Wildman–Crippen LogP) is 1.14. The second-order valence-corrected chi connectivity index (χ2v) is 8.64. The number of aliphatic hydroxyl groups is 2. The Morgan fingerprint density at radius 1 is 1.06 bits per heavy atom. The Hall–Kier alpha value is -3.05. The molecule has 10 nitrogen and oxygen atoms in total. The number of ether oxygens (including phenoxy) is 3. The van der Waals surface area contributed by atoms with Crippen LogP contribution in [0.5, 0.6) is 11.5 Å². The number of nitrogens with one attached hydrogen (secondary N) is 2. The number of amides is 2. The Kier molecular flexibility index (Phi) is 8.29. The van der Waals surface area contributed by atoms with E-state index in [4.69, 9.17) is 14.2 Å². The van der Waals surface area contributed by atoms with Gasteiger partial charge in [0.15, 0.2) is 0 Å². The van der Waals surface area contributed by atoms with Crippen LogP contribution >= 0.6 is 0 Å². The lowest BCUT2D eigenvalue weighted by Gasteiger charge is -2.41. The fourth-order valence-corrected chi connectivity index (χ4v) is 4.82. The first-order valence-electron chi connectivity index (χ1n) is 11.8. The first-order valence-corrected chi connectivity index (χ1v) is 11.8. The maximum atomic E-state index is 12.5. The highest BCUT2D eigenvalue weighted by molar-refractivity contribution is 5.89. The van der Waals surface area contributed by atoms with Gasteiger partial charge in [-0.1, -0.05) is 18.2 Å². The molecule has 2 heterocycles. The number of piperazine rings is 1. The molecule has 4 atom stereocenters. The highest BCUT2D eigenvalue weighted by Gasteiger charge is 2.46. The molecule has 35 heavy (non-hydrogen) atoms. The van der Waals surface area contributed by atoms with E-state index in [-0.39, 0.29) is 25.2 Å². The largest absolute Gasteiger partial charge is 0.497 e. The van der Waals surface area contributed by atoms with Crippen LogP contribution in [0.3, 0.4) is 0 Å². The van der Waals surface area contributed by atoms with Gasteiger partial charge in [0, 0.05) is 44.5 Å². The topological polar surface area (TPSA) is 116 Å². The summed E-state index contributed by atoms with van der Waals surface area (Å²) in [6.45, 7) is 2.82. The maximum Gasteiger partial charge on any atom is 0.319 e. The number of rotatable bonds is 8. The van der Waals surface area contributed by atoms with E-state index in [1.807, 2.05) is 24.3 Å².